The normalized spacial score (nSPS) is 42.4. The fourth-order valence-corrected chi connectivity index (χ4v) is 2.62. The van der Waals surface area contributed by atoms with Gasteiger partial charge in [0.15, 0.2) is 11.4 Å². The van der Waals surface area contributed by atoms with Crippen LogP contribution in [-0.4, -0.2) is 24.6 Å². The van der Waals surface area contributed by atoms with Gasteiger partial charge >= 0.3 is 7.82 Å². The SMILES string of the molecule is C=CC1OP(=O)(OC)OC1(C)C(C)=O. The minimum Gasteiger partial charge on any atom is -0.297 e. The predicted molar refractivity (Wildman–Crippen MR) is 49.9 cm³/mol. The summed E-state index contributed by atoms with van der Waals surface area (Å²) in [6.45, 7) is 6.33. The van der Waals surface area contributed by atoms with Crippen molar-refractivity contribution in [2.75, 3.05) is 7.11 Å². The first-order valence-corrected chi connectivity index (χ1v) is 5.52. The number of Topliss-reactive ketones (excluding diaryl/α,β-unsaturated/α-hetero) is 1. The highest BCUT2D eigenvalue weighted by atomic mass is 31.2. The molecule has 0 aromatic rings. The summed E-state index contributed by atoms with van der Waals surface area (Å²) in [5, 5.41) is 0. The molecular weight excluding hydrogens is 207 g/mol. The van der Waals surface area contributed by atoms with Gasteiger partial charge in [-0.3, -0.25) is 18.4 Å². The quantitative estimate of drug-likeness (QED) is 0.535. The maximum Gasteiger partial charge on any atom is 0.476 e. The van der Waals surface area contributed by atoms with Crippen molar-refractivity contribution in [2.24, 2.45) is 0 Å². The highest BCUT2D eigenvalue weighted by Gasteiger charge is 2.55. The molecule has 1 rings (SSSR count). The Hall–Kier alpha value is -0.480. The lowest BCUT2D eigenvalue weighted by Gasteiger charge is -2.21. The standard InChI is InChI=1S/C8H13O5P/c1-5-7-8(3,6(2)9)13-14(10,11-4)12-7/h5,7H,1H2,2-4H3. The summed E-state index contributed by atoms with van der Waals surface area (Å²) in [7, 11) is -2.39. The van der Waals surface area contributed by atoms with Gasteiger partial charge in [0, 0.05) is 7.11 Å². The van der Waals surface area contributed by atoms with Crippen LogP contribution in [0.3, 0.4) is 0 Å². The van der Waals surface area contributed by atoms with E-state index in [0.717, 1.165) is 0 Å². The molecule has 0 aromatic heterocycles. The third kappa shape index (κ3) is 1.68. The zero-order chi connectivity index (χ0) is 11.0. The number of ketones is 1. The lowest BCUT2D eigenvalue weighted by atomic mass is 9.95. The number of hydrogen-bond acceptors (Lipinski definition) is 5. The summed E-state index contributed by atoms with van der Waals surface area (Å²) in [6.07, 6.45) is 0.630. The summed E-state index contributed by atoms with van der Waals surface area (Å²) < 4.78 is 26.2. The van der Waals surface area contributed by atoms with E-state index in [9.17, 15) is 9.36 Å². The molecule has 0 N–H and O–H groups in total. The molecular formula is C8H13O5P. The summed E-state index contributed by atoms with van der Waals surface area (Å²) in [4.78, 5) is 11.3. The van der Waals surface area contributed by atoms with Crippen molar-refractivity contribution < 1.29 is 22.9 Å². The predicted octanol–water partition coefficient (Wildman–Crippen LogP) is 1.69. The molecule has 0 radical (unpaired) electrons. The lowest BCUT2D eigenvalue weighted by Crippen LogP contribution is -2.42. The molecule has 80 valence electrons. The fraction of sp³-hybridized carbons (Fsp3) is 0.625. The molecule has 0 amide bonds. The van der Waals surface area contributed by atoms with E-state index in [1.807, 2.05) is 0 Å². The molecule has 1 aliphatic heterocycles. The highest BCUT2D eigenvalue weighted by molar-refractivity contribution is 7.48. The second-order valence-corrected chi connectivity index (χ2v) is 4.80. The van der Waals surface area contributed by atoms with Crippen LogP contribution in [0, 0.1) is 0 Å². The molecule has 5 nitrogen and oxygen atoms in total. The van der Waals surface area contributed by atoms with Gasteiger partial charge < -0.3 is 0 Å². The molecule has 0 spiro atoms. The average molecular weight is 220 g/mol. The van der Waals surface area contributed by atoms with Crippen molar-refractivity contribution in [1.29, 1.82) is 0 Å². The number of phosphoric acid groups is 1. The highest BCUT2D eigenvalue weighted by Crippen LogP contribution is 2.60. The Morgan fingerprint density at radius 3 is 2.57 bits per heavy atom. The van der Waals surface area contributed by atoms with E-state index in [4.69, 9.17) is 9.05 Å². The Labute approximate surface area is 82.7 Å². The Morgan fingerprint density at radius 1 is 1.71 bits per heavy atom. The van der Waals surface area contributed by atoms with E-state index in [0.29, 0.717) is 0 Å². The molecule has 0 aromatic carbocycles. The second-order valence-electron chi connectivity index (χ2n) is 3.15. The smallest absolute Gasteiger partial charge is 0.297 e. The molecule has 0 aliphatic carbocycles. The summed E-state index contributed by atoms with van der Waals surface area (Å²) in [6, 6.07) is 0. The topological polar surface area (TPSA) is 61.8 Å². The van der Waals surface area contributed by atoms with Crippen LogP contribution in [0.5, 0.6) is 0 Å². The van der Waals surface area contributed by atoms with Gasteiger partial charge in [0.05, 0.1) is 0 Å². The number of carbonyl (C=O) groups is 1. The van der Waals surface area contributed by atoms with Crippen molar-refractivity contribution in [3.05, 3.63) is 12.7 Å². The van der Waals surface area contributed by atoms with E-state index in [1.165, 1.54) is 27.0 Å². The van der Waals surface area contributed by atoms with Crippen molar-refractivity contribution in [2.45, 2.75) is 25.6 Å². The molecule has 0 saturated carbocycles. The van der Waals surface area contributed by atoms with Crippen molar-refractivity contribution in [3.63, 3.8) is 0 Å². The Bertz CT molecular complexity index is 313. The van der Waals surface area contributed by atoms with Crippen LogP contribution < -0.4 is 0 Å². The monoisotopic (exact) mass is 220 g/mol. The molecule has 14 heavy (non-hydrogen) atoms. The van der Waals surface area contributed by atoms with E-state index in [-0.39, 0.29) is 5.78 Å². The van der Waals surface area contributed by atoms with Gasteiger partial charge in [0.1, 0.15) is 6.10 Å². The maximum atomic E-state index is 11.6. The van der Waals surface area contributed by atoms with Crippen LogP contribution in [0.2, 0.25) is 0 Å². The largest absolute Gasteiger partial charge is 0.476 e. The van der Waals surface area contributed by atoms with Gasteiger partial charge in [-0.05, 0) is 13.8 Å². The summed E-state index contributed by atoms with van der Waals surface area (Å²) in [5.74, 6) is -0.280. The van der Waals surface area contributed by atoms with Crippen LogP contribution in [-0.2, 0) is 22.9 Å². The molecule has 3 unspecified atom stereocenters. The first-order valence-electron chi connectivity index (χ1n) is 4.06. The Kier molecular flexibility index (Phi) is 2.97. The van der Waals surface area contributed by atoms with E-state index in [1.54, 1.807) is 0 Å². The number of rotatable bonds is 3. The average Bonchev–Trinajstić information content (AvgIpc) is 2.40. The van der Waals surface area contributed by atoms with Gasteiger partial charge in [0.2, 0.25) is 0 Å². The minimum absolute atomic E-state index is 0.280. The fourth-order valence-electron chi connectivity index (χ4n) is 1.16. The number of hydrogen-bond donors (Lipinski definition) is 0. The van der Waals surface area contributed by atoms with Gasteiger partial charge in [-0.1, -0.05) is 6.08 Å². The molecule has 1 saturated heterocycles. The van der Waals surface area contributed by atoms with Crippen LogP contribution in [0.15, 0.2) is 12.7 Å². The minimum atomic E-state index is -3.59. The first kappa shape index (κ1) is 11.6. The molecule has 6 heteroatoms. The van der Waals surface area contributed by atoms with Crippen LogP contribution in [0.1, 0.15) is 13.8 Å². The molecule has 0 bridgehead atoms. The summed E-state index contributed by atoms with van der Waals surface area (Å²) >= 11 is 0. The van der Waals surface area contributed by atoms with E-state index < -0.39 is 19.5 Å². The van der Waals surface area contributed by atoms with Crippen molar-refractivity contribution >= 4 is 13.6 Å². The van der Waals surface area contributed by atoms with Gasteiger partial charge in [-0.2, -0.15) is 0 Å². The third-order valence-electron chi connectivity index (χ3n) is 2.22. The Balaban J connectivity index is 3.05. The summed E-state index contributed by atoms with van der Waals surface area (Å²) in [5.41, 5.74) is -1.27. The lowest BCUT2D eigenvalue weighted by molar-refractivity contribution is -0.131. The van der Waals surface area contributed by atoms with Crippen LogP contribution >= 0.6 is 7.82 Å². The Morgan fingerprint density at radius 2 is 2.29 bits per heavy atom. The number of carbonyl (C=O) groups excluding carboxylic acids is 1. The molecule has 1 fully saturated rings. The van der Waals surface area contributed by atoms with Gasteiger partial charge in [0.25, 0.3) is 0 Å². The van der Waals surface area contributed by atoms with Crippen LogP contribution in [0.4, 0.5) is 0 Å². The maximum absolute atomic E-state index is 11.6. The van der Waals surface area contributed by atoms with Crippen molar-refractivity contribution in [1.82, 2.24) is 0 Å². The third-order valence-corrected chi connectivity index (χ3v) is 3.76. The molecule has 1 heterocycles. The van der Waals surface area contributed by atoms with Crippen molar-refractivity contribution in [3.8, 4) is 0 Å². The van der Waals surface area contributed by atoms with Crippen LogP contribution in [0.25, 0.3) is 0 Å². The second kappa shape index (κ2) is 3.59. The molecule has 1 aliphatic rings. The van der Waals surface area contributed by atoms with Gasteiger partial charge in [-0.25, -0.2) is 4.57 Å². The first-order chi connectivity index (χ1) is 6.38. The molecule has 3 atom stereocenters. The number of phosphoric ester groups is 1. The zero-order valence-electron chi connectivity index (χ0n) is 8.35. The van der Waals surface area contributed by atoms with E-state index >= 15 is 0 Å². The van der Waals surface area contributed by atoms with E-state index in [2.05, 4.69) is 11.1 Å². The van der Waals surface area contributed by atoms with Gasteiger partial charge in [-0.15, -0.1) is 6.58 Å². The zero-order valence-corrected chi connectivity index (χ0v) is 9.24.